The monoisotopic (exact) mass is 344 g/mol. The van der Waals surface area contributed by atoms with E-state index in [1.807, 2.05) is 0 Å². The van der Waals surface area contributed by atoms with Crippen molar-refractivity contribution in [1.82, 2.24) is 9.62 Å². The first-order valence-corrected chi connectivity index (χ1v) is 8.28. The normalized spacial score (nSPS) is 12.6. The third-order valence-corrected chi connectivity index (χ3v) is 5.75. The Morgan fingerprint density at radius 1 is 1.43 bits per heavy atom. The van der Waals surface area contributed by atoms with E-state index in [1.165, 1.54) is 13.1 Å². The molecule has 0 aliphatic carbocycles. The molecule has 0 fully saturated rings. The topological polar surface area (TPSA) is 66.5 Å². The van der Waals surface area contributed by atoms with Gasteiger partial charge in [0.15, 0.2) is 0 Å². The SMILES string of the molecule is CN(CCCC(=O)NCC(F)(F)F)S(=O)(=O)c1cccs1. The fraction of sp³-hybridized carbons (Fsp3) is 0.545. The molecule has 0 unspecified atom stereocenters. The van der Waals surface area contributed by atoms with E-state index in [-0.39, 0.29) is 23.6 Å². The van der Waals surface area contributed by atoms with Crippen molar-refractivity contribution in [2.45, 2.75) is 23.2 Å². The number of thiophene rings is 1. The number of alkyl halides is 3. The summed E-state index contributed by atoms with van der Waals surface area (Å²) in [5.41, 5.74) is 0. The molecule has 1 amide bonds. The minimum Gasteiger partial charge on any atom is -0.347 e. The van der Waals surface area contributed by atoms with E-state index in [4.69, 9.17) is 0 Å². The average molecular weight is 344 g/mol. The van der Waals surface area contributed by atoms with Crippen LogP contribution >= 0.6 is 11.3 Å². The second-order valence-electron chi connectivity index (χ2n) is 4.25. The highest BCUT2D eigenvalue weighted by Gasteiger charge is 2.27. The Balaban J connectivity index is 2.37. The second-order valence-corrected chi connectivity index (χ2v) is 7.47. The summed E-state index contributed by atoms with van der Waals surface area (Å²) in [6.07, 6.45) is -4.47. The molecule has 1 N–H and O–H groups in total. The van der Waals surface area contributed by atoms with Gasteiger partial charge in [0.25, 0.3) is 10.0 Å². The lowest BCUT2D eigenvalue weighted by molar-refractivity contribution is -0.138. The molecule has 1 aromatic rings. The van der Waals surface area contributed by atoms with Gasteiger partial charge in [0, 0.05) is 20.0 Å². The van der Waals surface area contributed by atoms with Crippen LogP contribution < -0.4 is 5.32 Å². The third-order valence-electron chi connectivity index (χ3n) is 2.52. The zero-order valence-corrected chi connectivity index (χ0v) is 12.8. The van der Waals surface area contributed by atoms with Gasteiger partial charge in [-0.25, -0.2) is 12.7 Å². The number of halogens is 3. The molecule has 0 aromatic carbocycles. The predicted molar refractivity (Wildman–Crippen MR) is 72.4 cm³/mol. The number of sulfonamides is 1. The van der Waals surface area contributed by atoms with Crippen molar-refractivity contribution in [2.24, 2.45) is 0 Å². The first-order valence-electron chi connectivity index (χ1n) is 5.96. The van der Waals surface area contributed by atoms with Gasteiger partial charge < -0.3 is 5.32 Å². The molecular weight excluding hydrogens is 329 g/mol. The van der Waals surface area contributed by atoms with Crippen LogP contribution in [-0.4, -0.2) is 44.9 Å². The molecule has 0 atom stereocenters. The predicted octanol–water partition coefficient (Wildman–Crippen LogP) is 1.83. The van der Waals surface area contributed by atoms with Gasteiger partial charge in [-0.2, -0.15) is 13.2 Å². The van der Waals surface area contributed by atoms with Crippen LogP contribution in [0.4, 0.5) is 13.2 Å². The minimum absolute atomic E-state index is 0.0552. The van der Waals surface area contributed by atoms with Gasteiger partial charge in [-0.1, -0.05) is 6.07 Å². The van der Waals surface area contributed by atoms with Crippen molar-refractivity contribution < 1.29 is 26.4 Å². The fourth-order valence-electron chi connectivity index (χ4n) is 1.43. The Bertz CT molecular complexity index is 556. The van der Waals surface area contributed by atoms with Crippen LogP contribution in [0.5, 0.6) is 0 Å². The lowest BCUT2D eigenvalue weighted by Gasteiger charge is -2.15. The zero-order valence-electron chi connectivity index (χ0n) is 11.2. The van der Waals surface area contributed by atoms with Crippen LogP contribution in [0.2, 0.25) is 0 Å². The summed E-state index contributed by atoms with van der Waals surface area (Å²) in [7, 11) is -2.23. The molecule has 5 nitrogen and oxygen atoms in total. The lowest BCUT2D eigenvalue weighted by Crippen LogP contribution is -2.34. The highest BCUT2D eigenvalue weighted by atomic mass is 32.2. The Morgan fingerprint density at radius 3 is 2.62 bits per heavy atom. The van der Waals surface area contributed by atoms with Crippen LogP contribution in [0.1, 0.15) is 12.8 Å². The Hall–Kier alpha value is -1.13. The highest BCUT2D eigenvalue weighted by Crippen LogP contribution is 2.20. The molecule has 1 heterocycles. The van der Waals surface area contributed by atoms with Gasteiger partial charge >= 0.3 is 6.18 Å². The van der Waals surface area contributed by atoms with E-state index in [0.717, 1.165) is 15.6 Å². The second kappa shape index (κ2) is 7.23. The van der Waals surface area contributed by atoms with E-state index in [9.17, 15) is 26.4 Å². The first-order chi connectivity index (χ1) is 9.63. The van der Waals surface area contributed by atoms with Crippen molar-refractivity contribution in [3.8, 4) is 0 Å². The van der Waals surface area contributed by atoms with Crippen LogP contribution in [0.15, 0.2) is 21.7 Å². The summed E-state index contributed by atoms with van der Waals surface area (Å²) < 4.78 is 60.9. The molecule has 0 saturated carbocycles. The molecule has 0 aliphatic rings. The van der Waals surface area contributed by atoms with E-state index < -0.39 is 28.7 Å². The lowest BCUT2D eigenvalue weighted by atomic mass is 10.3. The molecule has 1 rings (SSSR count). The standard InChI is InChI=1S/C11H15F3N2O3S2/c1-16(21(18,19)10-5-3-7-20-10)6-2-4-9(17)15-8-11(12,13)14/h3,5,7H,2,4,6,8H2,1H3,(H,15,17). The summed E-state index contributed by atoms with van der Waals surface area (Å²) in [6.45, 7) is -1.32. The Labute approximate surface area is 124 Å². The maximum Gasteiger partial charge on any atom is 0.405 e. The Kier molecular flexibility index (Phi) is 6.17. The van der Waals surface area contributed by atoms with Crippen molar-refractivity contribution in [2.75, 3.05) is 20.1 Å². The minimum atomic E-state index is -4.45. The number of amides is 1. The number of nitrogens with zero attached hydrogens (tertiary/aromatic N) is 1. The van der Waals surface area contributed by atoms with Crippen molar-refractivity contribution in [3.63, 3.8) is 0 Å². The zero-order chi connectivity index (χ0) is 16.1. The average Bonchev–Trinajstić information content (AvgIpc) is 2.89. The molecule has 1 aromatic heterocycles. The molecule has 21 heavy (non-hydrogen) atoms. The summed E-state index contributed by atoms with van der Waals surface area (Å²) in [6, 6.07) is 3.07. The van der Waals surface area contributed by atoms with E-state index in [0.29, 0.717) is 0 Å². The summed E-state index contributed by atoms with van der Waals surface area (Å²) in [5.74, 6) is -0.755. The van der Waals surface area contributed by atoms with E-state index in [2.05, 4.69) is 0 Å². The van der Waals surface area contributed by atoms with Crippen LogP contribution in [0.25, 0.3) is 0 Å². The van der Waals surface area contributed by atoms with Crippen LogP contribution in [0.3, 0.4) is 0 Å². The fourth-order valence-corrected chi connectivity index (χ4v) is 3.84. The van der Waals surface area contributed by atoms with Crippen molar-refractivity contribution in [1.29, 1.82) is 0 Å². The van der Waals surface area contributed by atoms with Gasteiger partial charge in [-0.3, -0.25) is 4.79 Å². The maximum absolute atomic E-state index is 12.0. The van der Waals surface area contributed by atoms with Crippen molar-refractivity contribution >= 4 is 27.3 Å². The number of rotatable bonds is 7. The van der Waals surface area contributed by atoms with Gasteiger partial charge in [0.2, 0.25) is 5.91 Å². The Morgan fingerprint density at radius 2 is 2.10 bits per heavy atom. The van der Waals surface area contributed by atoms with Crippen LogP contribution in [-0.2, 0) is 14.8 Å². The van der Waals surface area contributed by atoms with Crippen LogP contribution in [0, 0.1) is 0 Å². The smallest absolute Gasteiger partial charge is 0.347 e. The number of hydrogen-bond acceptors (Lipinski definition) is 4. The molecule has 0 aliphatic heterocycles. The van der Waals surface area contributed by atoms with E-state index in [1.54, 1.807) is 16.8 Å². The van der Waals surface area contributed by atoms with Gasteiger partial charge in [-0.05, 0) is 17.9 Å². The molecule has 120 valence electrons. The quantitative estimate of drug-likeness (QED) is 0.821. The number of carbonyl (C=O) groups is 1. The maximum atomic E-state index is 12.0. The van der Waals surface area contributed by atoms with E-state index >= 15 is 0 Å². The highest BCUT2D eigenvalue weighted by molar-refractivity contribution is 7.91. The summed E-state index contributed by atoms with van der Waals surface area (Å²) in [4.78, 5) is 11.2. The molecular formula is C11H15F3N2O3S2. The number of nitrogens with one attached hydrogen (secondary N) is 1. The van der Waals surface area contributed by atoms with Gasteiger partial charge in [0.05, 0.1) is 0 Å². The molecule has 0 radical (unpaired) electrons. The first kappa shape index (κ1) is 17.9. The van der Waals surface area contributed by atoms with Gasteiger partial charge in [0.1, 0.15) is 10.8 Å². The summed E-state index contributed by atoms with van der Waals surface area (Å²) in [5, 5.41) is 3.36. The molecule has 0 saturated heterocycles. The largest absolute Gasteiger partial charge is 0.405 e. The van der Waals surface area contributed by atoms with Crippen molar-refractivity contribution in [3.05, 3.63) is 17.5 Å². The molecule has 10 heteroatoms. The van der Waals surface area contributed by atoms with Gasteiger partial charge in [-0.15, -0.1) is 11.3 Å². The third kappa shape index (κ3) is 6.02. The number of hydrogen-bond donors (Lipinski definition) is 1. The molecule has 0 spiro atoms. The molecule has 0 bridgehead atoms. The summed E-state index contributed by atoms with van der Waals surface area (Å²) >= 11 is 1.07. The number of carbonyl (C=O) groups excluding carboxylic acids is 1.